The van der Waals surface area contributed by atoms with Crippen LogP contribution < -0.4 is 5.32 Å². The maximum Gasteiger partial charge on any atom is 0.0729 e. The molecule has 78 valence electrons. The van der Waals surface area contributed by atoms with E-state index in [-0.39, 0.29) is 0 Å². The van der Waals surface area contributed by atoms with Crippen LogP contribution in [0.5, 0.6) is 0 Å². The van der Waals surface area contributed by atoms with E-state index in [4.69, 9.17) is 0 Å². The van der Waals surface area contributed by atoms with Crippen LogP contribution in [0, 0.1) is 5.92 Å². The molecule has 0 amide bonds. The lowest BCUT2D eigenvalue weighted by molar-refractivity contribution is 0.401. The van der Waals surface area contributed by atoms with E-state index in [2.05, 4.69) is 29.3 Å². The lowest BCUT2D eigenvalue weighted by Crippen LogP contribution is -2.26. The summed E-state index contributed by atoms with van der Waals surface area (Å²) in [6.45, 7) is 4.59. The second-order valence-corrected chi connectivity index (χ2v) is 4.35. The van der Waals surface area contributed by atoms with Crippen molar-refractivity contribution in [1.82, 2.24) is 14.7 Å². The van der Waals surface area contributed by atoms with Crippen LogP contribution in [0.3, 0.4) is 0 Å². The molecule has 0 radical (unpaired) electrons. The van der Waals surface area contributed by atoms with Crippen molar-refractivity contribution in [2.45, 2.75) is 13.0 Å². The highest BCUT2D eigenvalue weighted by Crippen LogP contribution is 2.18. The summed E-state index contributed by atoms with van der Waals surface area (Å²) < 4.78 is 1.83. The summed E-state index contributed by atoms with van der Waals surface area (Å²) in [5.41, 5.74) is 1.12. The van der Waals surface area contributed by atoms with E-state index in [1.165, 1.54) is 6.54 Å². The standard InChI is InChI=1S/C10H18N4/c1-8-5-13(2)7-10(8)12-9-4-11-14(3)6-9/h4,6,8,10,12H,5,7H2,1-3H3. The van der Waals surface area contributed by atoms with Crippen molar-refractivity contribution in [3.63, 3.8) is 0 Å². The number of likely N-dealkylation sites (tertiary alicyclic amines) is 1. The van der Waals surface area contributed by atoms with Gasteiger partial charge >= 0.3 is 0 Å². The Morgan fingerprint density at radius 3 is 2.71 bits per heavy atom. The van der Waals surface area contributed by atoms with Gasteiger partial charge in [0.2, 0.25) is 0 Å². The SMILES string of the molecule is CC1CN(C)CC1Nc1cnn(C)c1. The Bertz CT molecular complexity index is 307. The topological polar surface area (TPSA) is 33.1 Å². The fraction of sp³-hybridized carbons (Fsp3) is 0.700. The molecule has 1 fully saturated rings. The van der Waals surface area contributed by atoms with Crippen LogP contribution in [0.4, 0.5) is 5.69 Å². The van der Waals surface area contributed by atoms with Gasteiger partial charge < -0.3 is 10.2 Å². The van der Waals surface area contributed by atoms with Gasteiger partial charge in [0.05, 0.1) is 11.9 Å². The summed E-state index contributed by atoms with van der Waals surface area (Å²) in [5.74, 6) is 0.709. The number of aromatic nitrogens is 2. The Morgan fingerprint density at radius 2 is 2.21 bits per heavy atom. The zero-order chi connectivity index (χ0) is 10.1. The molecule has 0 aromatic carbocycles. The zero-order valence-corrected chi connectivity index (χ0v) is 9.07. The normalized spacial score (nSPS) is 28.2. The van der Waals surface area contributed by atoms with Crippen molar-refractivity contribution in [2.75, 3.05) is 25.5 Å². The van der Waals surface area contributed by atoms with Crippen LogP contribution in [0.25, 0.3) is 0 Å². The molecule has 14 heavy (non-hydrogen) atoms. The van der Waals surface area contributed by atoms with Gasteiger partial charge in [-0.25, -0.2) is 0 Å². The Labute approximate surface area is 84.9 Å². The van der Waals surface area contributed by atoms with E-state index >= 15 is 0 Å². The molecule has 2 heterocycles. The first kappa shape index (κ1) is 9.52. The summed E-state index contributed by atoms with van der Waals surface area (Å²) in [4.78, 5) is 2.36. The highest BCUT2D eigenvalue weighted by molar-refractivity contribution is 5.39. The summed E-state index contributed by atoms with van der Waals surface area (Å²) in [5, 5.41) is 7.66. The van der Waals surface area contributed by atoms with Crippen molar-refractivity contribution in [1.29, 1.82) is 0 Å². The molecule has 1 aliphatic rings. The van der Waals surface area contributed by atoms with Crippen molar-refractivity contribution in [3.05, 3.63) is 12.4 Å². The summed E-state index contributed by atoms with van der Waals surface area (Å²) >= 11 is 0. The molecule has 0 spiro atoms. The first-order valence-corrected chi connectivity index (χ1v) is 5.09. The highest BCUT2D eigenvalue weighted by Gasteiger charge is 2.27. The van der Waals surface area contributed by atoms with Gasteiger partial charge in [0.15, 0.2) is 0 Å². The summed E-state index contributed by atoms with van der Waals surface area (Å²) in [7, 11) is 4.11. The molecular formula is C10H18N4. The van der Waals surface area contributed by atoms with Gasteiger partial charge in [-0.05, 0) is 13.0 Å². The van der Waals surface area contributed by atoms with Gasteiger partial charge in [0.25, 0.3) is 0 Å². The molecule has 1 aromatic heterocycles. The number of likely N-dealkylation sites (N-methyl/N-ethyl adjacent to an activating group) is 1. The van der Waals surface area contributed by atoms with E-state index in [0.717, 1.165) is 12.2 Å². The van der Waals surface area contributed by atoms with Crippen LogP contribution in [0.2, 0.25) is 0 Å². The second-order valence-electron chi connectivity index (χ2n) is 4.35. The Balaban J connectivity index is 1.98. The molecule has 0 saturated carbocycles. The summed E-state index contributed by atoms with van der Waals surface area (Å²) in [6, 6.07) is 0.559. The van der Waals surface area contributed by atoms with Crippen molar-refractivity contribution < 1.29 is 0 Å². The van der Waals surface area contributed by atoms with Gasteiger partial charge in [-0.15, -0.1) is 0 Å². The lowest BCUT2D eigenvalue weighted by Gasteiger charge is -2.15. The number of nitrogens with one attached hydrogen (secondary N) is 1. The van der Waals surface area contributed by atoms with Gasteiger partial charge in [0, 0.05) is 32.4 Å². The molecule has 1 aliphatic heterocycles. The Morgan fingerprint density at radius 1 is 1.43 bits per heavy atom. The first-order valence-electron chi connectivity index (χ1n) is 5.09. The average molecular weight is 194 g/mol. The molecule has 2 rings (SSSR count). The molecule has 2 atom stereocenters. The minimum Gasteiger partial charge on any atom is -0.378 e. The van der Waals surface area contributed by atoms with Gasteiger partial charge in [-0.3, -0.25) is 4.68 Å². The maximum atomic E-state index is 4.14. The fourth-order valence-electron chi connectivity index (χ4n) is 2.11. The fourth-order valence-corrected chi connectivity index (χ4v) is 2.11. The zero-order valence-electron chi connectivity index (χ0n) is 9.07. The second kappa shape index (κ2) is 3.61. The van der Waals surface area contributed by atoms with E-state index < -0.39 is 0 Å². The van der Waals surface area contributed by atoms with Crippen LogP contribution in [0.15, 0.2) is 12.4 Å². The predicted octanol–water partition coefficient (Wildman–Crippen LogP) is 0.782. The molecule has 4 nitrogen and oxygen atoms in total. The molecule has 1 saturated heterocycles. The smallest absolute Gasteiger partial charge is 0.0729 e. The first-order chi connectivity index (χ1) is 6.65. The maximum absolute atomic E-state index is 4.14. The van der Waals surface area contributed by atoms with Gasteiger partial charge in [-0.2, -0.15) is 5.10 Å². The number of hydrogen-bond acceptors (Lipinski definition) is 3. The van der Waals surface area contributed by atoms with Crippen LogP contribution in [-0.4, -0.2) is 40.9 Å². The molecule has 4 heteroatoms. The van der Waals surface area contributed by atoms with E-state index in [1.54, 1.807) is 0 Å². The van der Waals surface area contributed by atoms with Crippen molar-refractivity contribution in [2.24, 2.45) is 13.0 Å². The number of hydrogen-bond donors (Lipinski definition) is 1. The molecular weight excluding hydrogens is 176 g/mol. The third kappa shape index (κ3) is 1.90. The monoisotopic (exact) mass is 194 g/mol. The van der Waals surface area contributed by atoms with Crippen LogP contribution in [-0.2, 0) is 7.05 Å². The van der Waals surface area contributed by atoms with Gasteiger partial charge in [0.1, 0.15) is 0 Å². The molecule has 1 N–H and O–H groups in total. The van der Waals surface area contributed by atoms with E-state index in [0.29, 0.717) is 12.0 Å². The highest BCUT2D eigenvalue weighted by atomic mass is 15.3. The third-order valence-corrected chi connectivity index (χ3v) is 2.85. The van der Waals surface area contributed by atoms with E-state index in [1.807, 2.05) is 24.1 Å². The minimum absolute atomic E-state index is 0.559. The van der Waals surface area contributed by atoms with E-state index in [9.17, 15) is 0 Å². The number of anilines is 1. The minimum atomic E-state index is 0.559. The van der Waals surface area contributed by atoms with Crippen LogP contribution >= 0.6 is 0 Å². The number of aryl methyl sites for hydroxylation is 1. The average Bonchev–Trinajstić information content (AvgIpc) is 2.61. The Hall–Kier alpha value is -1.03. The number of rotatable bonds is 2. The summed E-state index contributed by atoms with van der Waals surface area (Å²) in [6.07, 6.45) is 3.90. The third-order valence-electron chi connectivity index (χ3n) is 2.85. The predicted molar refractivity (Wildman–Crippen MR) is 57.3 cm³/mol. The van der Waals surface area contributed by atoms with Crippen LogP contribution in [0.1, 0.15) is 6.92 Å². The van der Waals surface area contributed by atoms with Crippen molar-refractivity contribution in [3.8, 4) is 0 Å². The number of nitrogens with zero attached hydrogens (tertiary/aromatic N) is 3. The lowest BCUT2D eigenvalue weighted by atomic mass is 10.1. The molecule has 0 bridgehead atoms. The molecule has 2 unspecified atom stereocenters. The quantitative estimate of drug-likeness (QED) is 0.755. The largest absolute Gasteiger partial charge is 0.378 e. The van der Waals surface area contributed by atoms with Gasteiger partial charge in [-0.1, -0.05) is 6.92 Å². The molecule has 1 aromatic rings. The van der Waals surface area contributed by atoms with Crippen molar-refractivity contribution >= 4 is 5.69 Å². The molecule has 0 aliphatic carbocycles. The Kier molecular flexibility index (Phi) is 2.46.